The zero-order chi connectivity index (χ0) is 22.5. The summed E-state index contributed by atoms with van der Waals surface area (Å²) in [5.74, 6) is -4.18. The summed E-state index contributed by atoms with van der Waals surface area (Å²) < 4.78 is 74.6. The fraction of sp³-hybridized carbons (Fsp3) is 0.176. The highest BCUT2D eigenvalue weighted by molar-refractivity contribution is 9.10. The van der Waals surface area contributed by atoms with Gasteiger partial charge in [-0.15, -0.1) is 0 Å². The lowest BCUT2D eigenvalue weighted by molar-refractivity contribution is -0.189. The van der Waals surface area contributed by atoms with Crippen LogP contribution >= 0.6 is 15.9 Å². The predicted octanol–water partition coefficient (Wildman–Crippen LogP) is 2.56. The van der Waals surface area contributed by atoms with Gasteiger partial charge < -0.3 is 15.2 Å². The molecule has 0 aliphatic carbocycles. The van der Waals surface area contributed by atoms with Crippen LogP contribution in [0.5, 0.6) is 11.5 Å². The Morgan fingerprint density at radius 3 is 2.37 bits per heavy atom. The van der Waals surface area contributed by atoms with E-state index in [-0.39, 0.29) is 29.4 Å². The molecular weight excluding hydrogens is 495 g/mol. The second-order valence-electron chi connectivity index (χ2n) is 5.63. The lowest BCUT2D eigenvalue weighted by atomic mass is 10.1. The van der Waals surface area contributed by atoms with Gasteiger partial charge in [-0.05, 0) is 36.4 Å². The van der Waals surface area contributed by atoms with Gasteiger partial charge in [0.15, 0.2) is 11.5 Å². The van der Waals surface area contributed by atoms with E-state index in [9.17, 15) is 26.4 Å². The number of halogens is 4. The van der Waals surface area contributed by atoms with Gasteiger partial charge in [0.05, 0.1) is 10.5 Å². The smallest absolute Gasteiger partial charge is 0.488 e. The molecule has 13 heteroatoms. The normalized spacial score (nSPS) is 11.7. The van der Waals surface area contributed by atoms with Gasteiger partial charge in [0, 0.05) is 11.0 Å². The van der Waals surface area contributed by atoms with E-state index < -0.39 is 33.8 Å². The Morgan fingerprint density at radius 1 is 1.17 bits per heavy atom. The molecule has 8 nitrogen and oxygen atoms in total. The first kappa shape index (κ1) is 23.6. The van der Waals surface area contributed by atoms with Gasteiger partial charge in [0.1, 0.15) is 12.4 Å². The summed E-state index contributed by atoms with van der Waals surface area (Å²) in [7, 11) is -3.84. The van der Waals surface area contributed by atoms with Gasteiger partial charge in [-0.3, -0.25) is 5.41 Å². The number of benzene rings is 2. The van der Waals surface area contributed by atoms with E-state index in [0.29, 0.717) is 4.47 Å². The highest BCUT2D eigenvalue weighted by Gasteiger charge is 2.42. The van der Waals surface area contributed by atoms with E-state index in [4.69, 9.17) is 15.9 Å². The SMILES string of the molecule is N=C(N)c1cccc(OCCNS(=O)(=O)c2ccc(Br)cc2)c1OC(=O)C(F)(F)F. The van der Waals surface area contributed by atoms with Crippen LogP contribution in [0.25, 0.3) is 0 Å². The number of hydrogen-bond acceptors (Lipinski definition) is 6. The second-order valence-corrected chi connectivity index (χ2v) is 8.32. The van der Waals surface area contributed by atoms with Gasteiger partial charge in [0.2, 0.25) is 10.0 Å². The fourth-order valence-corrected chi connectivity index (χ4v) is 3.41. The zero-order valence-corrected chi connectivity index (χ0v) is 17.4. The van der Waals surface area contributed by atoms with Crippen LogP contribution in [-0.4, -0.2) is 39.6 Å². The summed E-state index contributed by atoms with van der Waals surface area (Å²) in [6.45, 7) is -0.553. The van der Waals surface area contributed by atoms with E-state index in [1.807, 2.05) is 0 Å². The molecule has 0 fully saturated rings. The maximum Gasteiger partial charge on any atom is 0.491 e. The predicted molar refractivity (Wildman–Crippen MR) is 104 cm³/mol. The van der Waals surface area contributed by atoms with Crippen molar-refractivity contribution in [3.8, 4) is 11.5 Å². The number of amidine groups is 1. The molecule has 0 aliphatic heterocycles. The number of para-hydroxylation sites is 1. The molecule has 0 heterocycles. The van der Waals surface area contributed by atoms with E-state index >= 15 is 0 Å². The molecule has 0 aromatic heterocycles. The lowest BCUT2D eigenvalue weighted by Crippen LogP contribution is -2.30. The Balaban J connectivity index is 2.11. The third kappa shape index (κ3) is 6.18. The Kier molecular flexibility index (Phi) is 7.44. The number of ether oxygens (including phenoxy) is 2. The molecule has 0 aliphatic rings. The van der Waals surface area contributed by atoms with Crippen LogP contribution in [0.2, 0.25) is 0 Å². The molecule has 0 atom stereocenters. The number of nitrogens with two attached hydrogens (primary N) is 1. The molecule has 30 heavy (non-hydrogen) atoms. The van der Waals surface area contributed by atoms with Crippen molar-refractivity contribution in [3.63, 3.8) is 0 Å². The number of nitrogen functional groups attached to an aromatic ring is 1. The molecule has 2 aromatic carbocycles. The lowest BCUT2D eigenvalue weighted by Gasteiger charge is -2.15. The molecule has 2 rings (SSSR count). The maximum atomic E-state index is 12.5. The van der Waals surface area contributed by atoms with Crippen LogP contribution in [-0.2, 0) is 14.8 Å². The van der Waals surface area contributed by atoms with Crippen molar-refractivity contribution < 1.29 is 35.9 Å². The third-order valence-electron chi connectivity index (χ3n) is 3.47. The average Bonchev–Trinajstić information content (AvgIpc) is 2.65. The molecule has 0 radical (unpaired) electrons. The third-order valence-corrected chi connectivity index (χ3v) is 5.48. The number of alkyl halides is 3. The van der Waals surface area contributed by atoms with Gasteiger partial charge in [-0.2, -0.15) is 13.2 Å². The Morgan fingerprint density at radius 2 is 1.80 bits per heavy atom. The van der Waals surface area contributed by atoms with E-state index in [2.05, 4.69) is 25.4 Å². The Hall–Kier alpha value is -2.64. The van der Waals surface area contributed by atoms with Crippen molar-refractivity contribution in [3.05, 3.63) is 52.5 Å². The number of rotatable bonds is 8. The van der Waals surface area contributed by atoms with Crippen molar-refractivity contribution in [2.24, 2.45) is 5.73 Å². The van der Waals surface area contributed by atoms with E-state index in [0.717, 1.165) is 0 Å². The molecule has 2 aromatic rings. The summed E-state index contributed by atoms with van der Waals surface area (Å²) in [6, 6.07) is 9.51. The van der Waals surface area contributed by atoms with Crippen molar-refractivity contribution in [2.45, 2.75) is 11.1 Å². The van der Waals surface area contributed by atoms with Crippen LogP contribution < -0.4 is 19.9 Å². The molecular formula is C17H15BrF3N3O5S. The van der Waals surface area contributed by atoms with Crippen molar-refractivity contribution >= 4 is 37.8 Å². The number of hydrogen-bond donors (Lipinski definition) is 3. The van der Waals surface area contributed by atoms with E-state index in [1.165, 1.54) is 30.3 Å². The molecule has 0 saturated carbocycles. The summed E-state index contributed by atoms with van der Waals surface area (Å²) in [4.78, 5) is 11.2. The molecule has 0 saturated heterocycles. The van der Waals surface area contributed by atoms with Crippen molar-refractivity contribution in [1.82, 2.24) is 4.72 Å². The second kappa shape index (κ2) is 9.45. The topological polar surface area (TPSA) is 132 Å². The standard InChI is InChI=1S/C17H15BrF3N3O5S/c18-10-4-6-11(7-5-10)30(26,27)24-8-9-28-13-3-1-2-12(15(22)23)14(13)29-16(25)17(19,20)21/h1-7,24H,8-9H2,(H3,22,23). The van der Waals surface area contributed by atoms with Crippen LogP contribution in [0.4, 0.5) is 13.2 Å². The van der Waals surface area contributed by atoms with Crippen LogP contribution in [0.15, 0.2) is 51.8 Å². The minimum atomic E-state index is -5.28. The minimum Gasteiger partial charge on any atom is -0.488 e. The average molecular weight is 510 g/mol. The van der Waals surface area contributed by atoms with Gasteiger partial charge in [-0.1, -0.05) is 22.0 Å². The highest BCUT2D eigenvalue weighted by Crippen LogP contribution is 2.33. The van der Waals surface area contributed by atoms with Crippen LogP contribution in [0.3, 0.4) is 0 Å². The minimum absolute atomic E-state index is 0.00377. The Bertz CT molecular complexity index is 1040. The number of esters is 1. The van der Waals surface area contributed by atoms with E-state index in [1.54, 1.807) is 12.1 Å². The maximum absolute atomic E-state index is 12.5. The molecule has 4 N–H and O–H groups in total. The number of carbonyl (C=O) groups is 1. The first-order chi connectivity index (χ1) is 13.9. The molecule has 0 unspecified atom stereocenters. The largest absolute Gasteiger partial charge is 0.491 e. The summed E-state index contributed by atoms with van der Waals surface area (Å²) in [5.41, 5.74) is 5.02. The summed E-state index contributed by atoms with van der Waals surface area (Å²) in [5, 5.41) is 7.43. The summed E-state index contributed by atoms with van der Waals surface area (Å²) in [6.07, 6.45) is -5.28. The number of sulfonamides is 1. The highest BCUT2D eigenvalue weighted by atomic mass is 79.9. The van der Waals surface area contributed by atoms with Crippen LogP contribution in [0.1, 0.15) is 5.56 Å². The monoisotopic (exact) mass is 509 g/mol. The van der Waals surface area contributed by atoms with Gasteiger partial charge in [-0.25, -0.2) is 17.9 Å². The first-order valence-corrected chi connectivity index (χ1v) is 10.3. The van der Waals surface area contributed by atoms with Gasteiger partial charge in [0.25, 0.3) is 0 Å². The fourth-order valence-electron chi connectivity index (χ4n) is 2.13. The summed E-state index contributed by atoms with van der Waals surface area (Å²) >= 11 is 3.19. The molecule has 0 bridgehead atoms. The molecule has 162 valence electrons. The quantitative estimate of drug-likeness (QED) is 0.165. The zero-order valence-electron chi connectivity index (χ0n) is 15.0. The molecule has 0 spiro atoms. The van der Waals surface area contributed by atoms with Gasteiger partial charge >= 0.3 is 12.1 Å². The van der Waals surface area contributed by atoms with Crippen molar-refractivity contribution in [2.75, 3.05) is 13.2 Å². The first-order valence-electron chi connectivity index (χ1n) is 8.06. The Labute approximate surface area is 177 Å². The van der Waals surface area contributed by atoms with Crippen molar-refractivity contribution in [1.29, 1.82) is 5.41 Å². The number of nitrogens with one attached hydrogen (secondary N) is 2. The molecule has 0 amide bonds. The number of carbonyl (C=O) groups excluding carboxylic acids is 1. The van der Waals surface area contributed by atoms with Crippen LogP contribution in [0, 0.1) is 5.41 Å².